The van der Waals surface area contributed by atoms with Gasteiger partial charge in [0, 0.05) is 22.9 Å². The summed E-state index contributed by atoms with van der Waals surface area (Å²) in [5.74, 6) is 0.0664. The molecule has 1 atom stereocenters. The Labute approximate surface area is 168 Å². The van der Waals surface area contributed by atoms with Crippen molar-refractivity contribution in [3.8, 4) is 22.9 Å². The van der Waals surface area contributed by atoms with Crippen LogP contribution in [0.5, 0.6) is 5.75 Å². The predicted octanol–water partition coefficient (Wildman–Crippen LogP) is 2.61. The number of halogens is 1. The lowest BCUT2D eigenvalue weighted by molar-refractivity contribution is 0.118. The van der Waals surface area contributed by atoms with Gasteiger partial charge in [0.1, 0.15) is 23.3 Å². The highest BCUT2D eigenvalue weighted by molar-refractivity contribution is 5.99. The Morgan fingerprint density at radius 3 is 2.62 bits per heavy atom. The molecular formula is C22H22FN3O3. The molecule has 0 amide bonds. The number of rotatable bonds is 6. The highest BCUT2D eigenvalue weighted by atomic mass is 19.1. The summed E-state index contributed by atoms with van der Waals surface area (Å²) in [4.78, 5) is 14.9. The van der Waals surface area contributed by atoms with Gasteiger partial charge in [-0.05, 0) is 50.0 Å². The summed E-state index contributed by atoms with van der Waals surface area (Å²) in [7, 11) is 5.12. The molecule has 2 aromatic carbocycles. The number of methoxy groups -OCH3 is 1. The summed E-state index contributed by atoms with van der Waals surface area (Å²) in [6.07, 6.45) is -0.856. The molecule has 0 spiro atoms. The number of hydrogen-bond donors (Lipinski definition) is 1. The van der Waals surface area contributed by atoms with Crippen LogP contribution in [-0.4, -0.2) is 48.4 Å². The number of ether oxygens (including phenoxy) is 1. The van der Waals surface area contributed by atoms with Crippen molar-refractivity contribution < 1.29 is 14.2 Å². The Hall–Kier alpha value is -3.21. The first-order valence-electron chi connectivity index (χ1n) is 9.09. The molecular weight excluding hydrogens is 373 g/mol. The molecule has 29 heavy (non-hydrogen) atoms. The Bertz CT molecular complexity index is 1150. The van der Waals surface area contributed by atoms with Gasteiger partial charge in [0.2, 0.25) is 0 Å². The first-order chi connectivity index (χ1) is 13.8. The van der Waals surface area contributed by atoms with Crippen molar-refractivity contribution in [3.05, 3.63) is 64.3 Å². The maximum atomic E-state index is 13.9. The van der Waals surface area contributed by atoms with Crippen molar-refractivity contribution in [2.45, 2.75) is 12.6 Å². The van der Waals surface area contributed by atoms with E-state index in [9.17, 15) is 19.6 Å². The van der Waals surface area contributed by atoms with Gasteiger partial charge in [-0.1, -0.05) is 12.1 Å². The van der Waals surface area contributed by atoms with Crippen molar-refractivity contribution in [2.24, 2.45) is 0 Å². The van der Waals surface area contributed by atoms with Gasteiger partial charge < -0.3 is 14.7 Å². The molecule has 6 nitrogen and oxygen atoms in total. The third-order valence-corrected chi connectivity index (χ3v) is 4.67. The quantitative estimate of drug-likeness (QED) is 0.694. The fraction of sp³-hybridized carbons (Fsp3) is 0.273. The molecule has 0 radical (unpaired) electrons. The fourth-order valence-electron chi connectivity index (χ4n) is 3.47. The maximum absolute atomic E-state index is 13.9. The Kier molecular flexibility index (Phi) is 5.97. The summed E-state index contributed by atoms with van der Waals surface area (Å²) >= 11 is 0. The van der Waals surface area contributed by atoms with Gasteiger partial charge in [-0.15, -0.1) is 0 Å². The van der Waals surface area contributed by atoms with Crippen molar-refractivity contribution in [1.82, 2.24) is 9.47 Å². The highest BCUT2D eigenvalue weighted by Crippen LogP contribution is 2.33. The molecule has 7 heteroatoms. The number of aliphatic hydroxyl groups excluding tert-OH is 1. The summed E-state index contributed by atoms with van der Waals surface area (Å²) in [6.45, 7) is 0.275. The lowest BCUT2D eigenvalue weighted by atomic mass is 9.96. The van der Waals surface area contributed by atoms with Crippen molar-refractivity contribution in [2.75, 3.05) is 27.7 Å². The largest absolute Gasteiger partial charge is 0.497 e. The fourth-order valence-corrected chi connectivity index (χ4v) is 3.47. The molecule has 3 rings (SSSR count). The zero-order valence-electron chi connectivity index (χ0n) is 16.5. The van der Waals surface area contributed by atoms with Crippen LogP contribution in [0.4, 0.5) is 4.39 Å². The molecule has 0 aliphatic carbocycles. The predicted molar refractivity (Wildman–Crippen MR) is 109 cm³/mol. The first kappa shape index (κ1) is 20.5. The van der Waals surface area contributed by atoms with Crippen LogP contribution in [0, 0.1) is 17.1 Å². The van der Waals surface area contributed by atoms with E-state index >= 15 is 0 Å². The molecule has 150 valence electrons. The Balaban J connectivity index is 2.37. The highest BCUT2D eigenvalue weighted by Gasteiger charge is 2.21. The number of nitriles is 1. The zero-order chi connectivity index (χ0) is 21.1. The van der Waals surface area contributed by atoms with Crippen LogP contribution in [0.3, 0.4) is 0 Å². The second-order valence-corrected chi connectivity index (χ2v) is 7.09. The van der Waals surface area contributed by atoms with Gasteiger partial charge in [-0.2, -0.15) is 5.26 Å². The van der Waals surface area contributed by atoms with E-state index in [0.717, 1.165) is 0 Å². The standard InChI is InChI=1S/C22H22FN3O3/c1-25(2)12-16(27)13-26-20(11-24)21(14-5-4-6-15(23)9-14)19-10-17(29-3)7-8-18(19)22(26)28/h4-10,16,27H,12-13H2,1-3H3. The number of pyridine rings is 1. The van der Waals surface area contributed by atoms with Gasteiger partial charge in [0.25, 0.3) is 5.56 Å². The number of aliphatic hydroxyl groups is 1. The van der Waals surface area contributed by atoms with Crippen LogP contribution < -0.4 is 10.3 Å². The summed E-state index contributed by atoms with van der Waals surface area (Å²) < 4.78 is 20.5. The average molecular weight is 395 g/mol. The van der Waals surface area contributed by atoms with E-state index in [1.165, 1.54) is 23.8 Å². The third kappa shape index (κ3) is 4.14. The van der Waals surface area contributed by atoms with E-state index < -0.39 is 17.5 Å². The van der Waals surface area contributed by atoms with E-state index in [-0.39, 0.29) is 12.2 Å². The van der Waals surface area contributed by atoms with Crippen LogP contribution in [0.15, 0.2) is 47.3 Å². The summed E-state index contributed by atoms with van der Waals surface area (Å²) in [5.41, 5.74) is 0.574. The molecule has 1 N–H and O–H groups in total. The molecule has 3 aromatic rings. The number of fused-ring (bicyclic) bond motifs is 1. The van der Waals surface area contributed by atoms with Crippen LogP contribution in [0.25, 0.3) is 21.9 Å². The average Bonchev–Trinajstić information content (AvgIpc) is 2.68. The summed E-state index contributed by atoms with van der Waals surface area (Å²) in [6, 6.07) is 12.9. The lowest BCUT2D eigenvalue weighted by Gasteiger charge is -2.20. The van der Waals surface area contributed by atoms with E-state index in [0.29, 0.717) is 34.2 Å². The van der Waals surface area contributed by atoms with E-state index in [1.807, 2.05) is 14.1 Å². The van der Waals surface area contributed by atoms with Crippen molar-refractivity contribution >= 4 is 10.8 Å². The minimum absolute atomic E-state index is 0.0514. The number of hydrogen-bond acceptors (Lipinski definition) is 5. The molecule has 0 saturated heterocycles. The van der Waals surface area contributed by atoms with Crippen LogP contribution in [0.2, 0.25) is 0 Å². The van der Waals surface area contributed by atoms with Gasteiger partial charge in [-0.25, -0.2) is 4.39 Å². The topological polar surface area (TPSA) is 78.5 Å². The molecule has 0 fully saturated rings. The van der Waals surface area contributed by atoms with E-state index in [4.69, 9.17) is 4.74 Å². The second kappa shape index (κ2) is 8.43. The third-order valence-electron chi connectivity index (χ3n) is 4.67. The van der Waals surface area contributed by atoms with Crippen LogP contribution >= 0.6 is 0 Å². The minimum Gasteiger partial charge on any atom is -0.497 e. The summed E-state index contributed by atoms with van der Waals surface area (Å²) in [5, 5.41) is 21.2. The van der Waals surface area contributed by atoms with E-state index in [2.05, 4.69) is 6.07 Å². The SMILES string of the molecule is COc1ccc2c(=O)n(CC(O)CN(C)C)c(C#N)c(-c3cccc(F)c3)c2c1. The second-order valence-electron chi connectivity index (χ2n) is 7.09. The van der Waals surface area contributed by atoms with Gasteiger partial charge in [0.15, 0.2) is 0 Å². The first-order valence-corrected chi connectivity index (χ1v) is 9.09. The molecule has 0 aliphatic heterocycles. The number of nitrogens with zero attached hydrogens (tertiary/aromatic N) is 3. The van der Waals surface area contributed by atoms with Crippen LogP contribution in [0.1, 0.15) is 5.69 Å². The van der Waals surface area contributed by atoms with Gasteiger partial charge >= 0.3 is 0 Å². The smallest absolute Gasteiger partial charge is 0.259 e. The van der Waals surface area contributed by atoms with Gasteiger partial charge in [0.05, 0.1) is 19.8 Å². The maximum Gasteiger partial charge on any atom is 0.259 e. The molecule has 0 bridgehead atoms. The monoisotopic (exact) mass is 395 g/mol. The number of likely N-dealkylation sites (N-methyl/N-ethyl adjacent to an activating group) is 1. The molecule has 0 aliphatic rings. The van der Waals surface area contributed by atoms with Crippen molar-refractivity contribution in [1.29, 1.82) is 5.26 Å². The molecule has 0 saturated carbocycles. The normalized spacial score (nSPS) is 12.2. The number of benzene rings is 2. The number of aromatic nitrogens is 1. The van der Waals surface area contributed by atoms with Gasteiger partial charge in [-0.3, -0.25) is 9.36 Å². The Morgan fingerprint density at radius 2 is 2.00 bits per heavy atom. The van der Waals surface area contributed by atoms with E-state index in [1.54, 1.807) is 35.2 Å². The Morgan fingerprint density at radius 1 is 1.24 bits per heavy atom. The van der Waals surface area contributed by atoms with Crippen LogP contribution in [-0.2, 0) is 6.54 Å². The zero-order valence-corrected chi connectivity index (χ0v) is 16.5. The molecule has 1 unspecified atom stereocenters. The minimum atomic E-state index is -0.856. The molecule has 1 aromatic heterocycles. The molecule has 1 heterocycles. The van der Waals surface area contributed by atoms with Crippen molar-refractivity contribution in [3.63, 3.8) is 0 Å². The lowest BCUT2D eigenvalue weighted by Crippen LogP contribution is -2.34.